The van der Waals surface area contributed by atoms with E-state index in [-0.39, 0.29) is 0 Å². The Morgan fingerprint density at radius 3 is 2.40 bits per heavy atom. The predicted octanol–water partition coefficient (Wildman–Crippen LogP) is 3.19. The number of ether oxygens (including phenoxy) is 1. The third-order valence-electron chi connectivity index (χ3n) is 2.90. The van der Waals surface area contributed by atoms with E-state index in [0.717, 1.165) is 21.2 Å². The highest BCUT2D eigenvalue weighted by Gasteiger charge is 2.44. The van der Waals surface area contributed by atoms with Crippen LogP contribution in [0.2, 0.25) is 0 Å². The SMILES string of the molecule is Cc1cc2c(cc1Br)C(C)(O)OC2(C)C. The van der Waals surface area contributed by atoms with E-state index in [1.54, 1.807) is 6.92 Å². The molecule has 0 saturated carbocycles. The van der Waals surface area contributed by atoms with Crippen molar-refractivity contribution in [3.8, 4) is 0 Å². The van der Waals surface area contributed by atoms with Gasteiger partial charge in [0.25, 0.3) is 0 Å². The van der Waals surface area contributed by atoms with Crippen LogP contribution in [0.1, 0.15) is 37.5 Å². The van der Waals surface area contributed by atoms with Crippen LogP contribution < -0.4 is 0 Å². The number of benzene rings is 1. The molecule has 1 aromatic carbocycles. The monoisotopic (exact) mass is 270 g/mol. The second-order valence-electron chi connectivity index (χ2n) is 4.74. The standard InChI is InChI=1S/C12H15BrO2/c1-7-5-8-9(6-10(7)13)12(4,14)15-11(8,2)3/h5-6,14H,1-4H3. The maximum absolute atomic E-state index is 10.2. The number of aryl methyl sites for hydroxylation is 1. The molecule has 0 spiro atoms. The van der Waals surface area contributed by atoms with Crippen molar-refractivity contribution in [1.82, 2.24) is 0 Å². The summed E-state index contributed by atoms with van der Waals surface area (Å²) in [7, 11) is 0. The maximum Gasteiger partial charge on any atom is 0.190 e. The second kappa shape index (κ2) is 3.06. The summed E-state index contributed by atoms with van der Waals surface area (Å²) in [6, 6.07) is 4.01. The Morgan fingerprint density at radius 2 is 1.80 bits per heavy atom. The minimum absolute atomic E-state index is 0.426. The highest BCUT2D eigenvalue weighted by Crippen LogP contribution is 2.46. The molecule has 0 radical (unpaired) electrons. The molecule has 0 aliphatic carbocycles. The molecule has 15 heavy (non-hydrogen) atoms. The fraction of sp³-hybridized carbons (Fsp3) is 0.500. The number of rotatable bonds is 0. The molecule has 0 bridgehead atoms. The summed E-state index contributed by atoms with van der Waals surface area (Å²) >= 11 is 3.47. The van der Waals surface area contributed by atoms with Crippen LogP contribution in [-0.2, 0) is 16.1 Å². The molecule has 1 aromatic rings. The zero-order valence-corrected chi connectivity index (χ0v) is 11.0. The second-order valence-corrected chi connectivity index (χ2v) is 5.60. The van der Waals surface area contributed by atoms with Crippen LogP contribution in [0.15, 0.2) is 16.6 Å². The molecule has 1 N–H and O–H groups in total. The number of aliphatic hydroxyl groups is 1. The molecule has 82 valence electrons. The van der Waals surface area contributed by atoms with E-state index in [1.165, 1.54) is 0 Å². The first kappa shape index (κ1) is 11.1. The van der Waals surface area contributed by atoms with Crippen molar-refractivity contribution in [3.05, 3.63) is 33.3 Å². The van der Waals surface area contributed by atoms with E-state index < -0.39 is 11.4 Å². The summed E-state index contributed by atoms with van der Waals surface area (Å²) in [4.78, 5) is 0. The van der Waals surface area contributed by atoms with Crippen molar-refractivity contribution in [2.45, 2.75) is 39.1 Å². The number of fused-ring (bicyclic) bond motifs is 1. The highest BCUT2D eigenvalue weighted by atomic mass is 79.9. The zero-order chi connectivity index (χ0) is 11.4. The van der Waals surface area contributed by atoms with Crippen molar-refractivity contribution in [2.75, 3.05) is 0 Å². The Kier molecular flexibility index (Phi) is 2.27. The van der Waals surface area contributed by atoms with Gasteiger partial charge in [-0.2, -0.15) is 0 Å². The van der Waals surface area contributed by atoms with Crippen molar-refractivity contribution < 1.29 is 9.84 Å². The van der Waals surface area contributed by atoms with Crippen LogP contribution in [0.3, 0.4) is 0 Å². The summed E-state index contributed by atoms with van der Waals surface area (Å²) in [6.07, 6.45) is 0. The molecule has 3 heteroatoms. The Hall–Kier alpha value is -0.380. The van der Waals surface area contributed by atoms with E-state index in [2.05, 4.69) is 22.0 Å². The largest absolute Gasteiger partial charge is 0.362 e. The maximum atomic E-state index is 10.2. The van der Waals surface area contributed by atoms with E-state index in [9.17, 15) is 5.11 Å². The molecular formula is C12H15BrO2. The molecule has 0 saturated heterocycles. The summed E-state index contributed by atoms with van der Waals surface area (Å²) < 4.78 is 6.65. The van der Waals surface area contributed by atoms with Crippen molar-refractivity contribution in [2.24, 2.45) is 0 Å². The van der Waals surface area contributed by atoms with Crippen molar-refractivity contribution in [3.63, 3.8) is 0 Å². The molecule has 0 aromatic heterocycles. The van der Waals surface area contributed by atoms with Crippen LogP contribution in [0.4, 0.5) is 0 Å². The van der Waals surface area contributed by atoms with Crippen LogP contribution in [0.25, 0.3) is 0 Å². The first-order valence-corrected chi connectivity index (χ1v) is 5.77. The van der Waals surface area contributed by atoms with Gasteiger partial charge in [0.2, 0.25) is 0 Å². The molecule has 1 heterocycles. The highest BCUT2D eigenvalue weighted by molar-refractivity contribution is 9.10. The third-order valence-corrected chi connectivity index (χ3v) is 3.76. The van der Waals surface area contributed by atoms with Crippen molar-refractivity contribution in [1.29, 1.82) is 0 Å². The molecule has 2 rings (SSSR count). The van der Waals surface area contributed by atoms with Gasteiger partial charge in [-0.25, -0.2) is 0 Å². The van der Waals surface area contributed by atoms with Crippen LogP contribution in [0.5, 0.6) is 0 Å². The van der Waals surface area contributed by atoms with Gasteiger partial charge in [-0.15, -0.1) is 0 Å². The molecule has 2 nitrogen and oxygen atoms in total. The summed E-state index contributed by atoms with van der Waals surface area (Å²) in [5.41, 5.74) is 2.64. The van der Waals surface area contributed by atoms with E-state index in [0.29, 0.717) is 0 Å². The summed E-state index contributed by atoms with van der Waals surface area (Å²) in [6.45, 7) is 7.66. The summed E-state index contributed by atoms with van der Waals surface area (Å²) in [5, 5.41) is 10.2. The van der Waals surface area contributed by atoms with Gasteiger partial charge in [-0.3, -0.25) is 0 Å². The van der Waals surface area contributed by atoms with Gasteiger partial charge in [0.05, 0.1) is 5.60 Å². The number of hydrogen-bond acceptors (Lipinski definition) is 2. The minimum atomic E-state index is -1.19. The lowest BCUT2D eigenvalue weighted by Gasteiger charge is -2.23. The smallest absolute Gasteiger partial charge is 0.190 e. The Bertz CT molecular complexity index is 383. The lowest BCUT2D eigenvalue weighted by Crippen LogP contribution is -2.25. The first-order valence-electron chi connectivity index (χ1n) is 4.98. The van der Waals surface area contributed by atoms with Gasteiger partial charge in [-0.1, -0.05) is 22.0 Å². The molecular weight excluding hydrogens is 256 g/mol. The molecule has 1 aliphatic rings. The van der Waals surface area contributed by atoms with Crippen LogP contribution >= 0.6 is 15.9 Å². The molecule has 1 unspecified atom stereocenters. The quantitative estimate of drug-likeness (QED) is 0.785. The van der Waals surface area contributed by atoms with Crippen LogP contribution in [-0.4, -0.2) is 5.11 Å². The number of halogens is 1. The number of hydrogen-bond donors (Lipinski definition) is 1. The molecule has 1 aliphatic heterocycles. The first-order chi connectivity index (χ1) is 6.74. The third kappa shape index (κ3) is 1.63. The van der Waals surface area contributed by atoms with Gasteiger partial charge >= 0.3 is 0 Å². The average molecular weight is 271 g/mol. The Morgan fingerprint density at radius 1 is 1.20 bits per heavy atom. The summed E-state index contributed by atoms with van der Waals surface area (Å²) in [5.74, 6) is -1.19. The average Bonchev–Trinajstić information content (AvgIpc) is 2.21. The molecule has 0 fully saturated rings. The lowest BCUT2D eigenvalue weighted by molar-refractivity contribution is -0.237. The molecule has 1 atom stereocenters. The normalized spacial score (nSPS) is 27.9. The van der Waals surface area contributed by atoms with E-state index in [4.69, 9.17) is 4.74 Å². The lowest BCUT2D eigenvalue weighted by atomic mass is 9.92. The molecule has 0 amide bonds. The Balaban J connectivity index is 2.71. The topological polar surface area (TPSA) is 29.5 Å². The van der Waals surface area contributed by atoms with Crippen molar-refractivity contribution >= 4 is 15.9 Å². The predicted molar refractivity (Wildman–Crippen MR) is 62.6 cm³/mol. The minimum Gasteiger partial charge on any atom is -0.362 e. The van der Waals surface area contributed by atoms with Gasteiger partial charge < -0.3 is 9.84 Å². The van der Waals surface area contributed by atoms with E-state index in [1.807, 2.05) is 26.8 Å². The zero-order valence-electron chi connectivity index (χ0n) is 9.39. The Labute approximate surface area is 98.4 Å². The van der Waals surface area contributed by atoms with Crippen LogP contribution in [0, 0.1) is 6.92 Å². The van der Waals surface area contributed by atoms with Gasteiger partial charge in [0, 0.05) is 10.0 Å². The van der Waals surface area contributed by atoms with Gasteiger partial charge in [0.1, 0.15) is 0 Å². The van der Waals surface area contributed by atoms with E-state index >= 15 is 0 Å². The van der Waals surface area contributed by atoms with Gasteiger partial charge in [-0.05, 0) is 44.9 Å². The fourth-order valence-electron chi connectivity index (χ4n) is 2.17. The van der Waals surface area contributed by atoms with Gasteiger partial charge in [0.15, 0.2) is 5.79 Å². The fourth-order valence-corrected chi connectivity index (χ4v) is 2.51.